The van der Waals surface area contributed by atoms with Gasteiger partial charge in [0.25, 0.3) is 0 Å². The van der Waals surface area contributed by atoms with E-state index in [1.807, 2.05) is 6.92 Å². The van der Waals surface area contributed by atoms with Crippen molar-refractivity contribution >= 4 is 0 Å². The standard InChI is InChI=1S/C11H22O.C10H20O/c1-8(2)10-4-6-11(7-5-10)9(3)12;1-9(2)5-4-6-10(3,7-9)8-11/h8-12H,4-7H2,1-3H3;11H,4-8H2,1-3H3. The van der Waals surface area contributed by atoms with Crippen LogP contribution in [0.2, 0.25) is 0 Å². The monoisotopic (exact) mass is 326 g/mol. The average molecular weight is 327 g/mol. The summed E-state index contributed by atoms with van der Waals surface area (Å²) < 4.78 is 0. The molecule has 2 N–H and O–H groups in total. The molecule has 2 atom stereocenters. The van der Waals surface area contributed by atoms with Crippen LogP contribution in [0, 0.1) is 28.6 Å². The normalized spacial score (nSPS) is 35.3. The summed E-state index contributed by atoms with van der Waals surface area (Å²) in [5, 5.41) is 18.6. The van der Waals surface area contributed by atoms with Crippen molar-refractivity contribution in [3.63, 3.8) is 0 Å². The zero-order valence-electron chi connectivity index (χ0n) is 16.6. The first-order valence-electron chi connectivity index (χ1n) is 9.87. The number of hydrogen-bond acceptors (Lipinski definition) is 2. The van der Waals surface area contributed by atoms with E-state index in [4.69, 9.17) is 0 Å². The highest BCUT2D eigenvalue weighted by Gasteiger charge is 2.35. The van der Waals surface area contributed by atoms with Crippen LogP contribution in [0.1, 0.15) is 92.9 Å². The van der Waals surface area contributed by atoms with E-state index < -0.39 is 0 Å². The minimum atomic E-state index is -0.0851. The lowest BCUT2D eigenvalue weighted by Crippen LogP contribution is -2.33. The Bertz CT molecular complexity index is 311. The third-order valence-corrected chi connectivity index (χ3v) is 6.36. The highest BCUT2D eigenvalue weighted by molar-refractivity contribution is 4.86. The van der Waals surface area contributed by atoms with Crippen LogP contribution >= 0.6 is 0 Å². The molecule has 0 aromatic rings. The van der Waals surface area contributed by atoms with E-state index in [2.05, 4.69) is 34.6 Å². The Labute approximate surface area is 145 Å². The van der Waals surface area contributed by atoms with Crippen LogP contribution in [0.15, 0.2) is 0 Å². The second-order valence-electron chi connectivity index (χ2n) is 9.82. The molecule has 138 valence electrons. The van der Waals surface area contributed by atoms with Crippen molar-refractivity contribution in [3.8, 4) is 0 Å². The predicted octanol–water partition coefficient (Wildman–Crippen LogP) is 5.41. The molecule has 2 saturated carbocycles. The second kappa shape index (κ2) is 8.85. The van der Waals surface area contributed by atoms with Gasteiger partial charge in [0.05, 0.1) is 6.10 Å². The first-order valence-corrected chi connectivity index (χ1v) is 9.87. The molecule has 0 heterocycles. The molecule has 23 heavy (non-hydrogen) atoms. The molecule has 0 amide bonds. The minimum absolute atomic E-state index is 0.0851. The topological polar surface area (TPSA) is 40.5 Å². The summed E-state index contributed by atoms with van der Waals surface area (Å²) in [6.45, 7) is 13.7. The molecular formula is C21H42O2. The minimum Gasteiger partial charge on any atom is -0.396 e. The molecule has 0 bridgehead atoms. The summed E-state index contributed by atoms with van der Waals surface area (Å²) in [5.74, 6) is 2.33. The van der Waals surface area contributed by atoms with Crippen LogP contribution in [-0.4, -0.2) is 22.9 Å². The van der Waals surface area contributed by atoms with E-state index in [-0.39, 0.29) is 11.5 Å². The molecule has 0 spiro atoms. The molecule has 0 aliphatic heterocycles. The fraction of sp³-hybridized carbons (Fsp3) is 1.00. The van der Waals surface area contributed by atoms with Gasteiger partial charge in [-0.1, -0.05) is 41.0 Å². The fourth-order valence-corrected chi connectivity index (χ4v) is 4.75. The maximum atomic E-state index is 9.40. The van der Waals surface area contributed by atoms with E-state index in [0.29, 0.717) is 17.9 Å². The van der Waals surface area contributed by atoms with E-state index >= 15 is 0 Å². The van der Waals surface area contributed by atoms with Crippen LogP contribution in [0.4, 0.5) is 0 Å². The molecule has 2 fully saturated rings. The van der Waals surface area contributed by atoms with Gasteiger partial charge < -0.3 is 10.2 Å². The third kappa shape index (κ3) is 7.13. The molecule has 2 unspecified atom stereocenters. The quantitative estimate of drug-likeness (QED) is 0.727. The SMILES string of the molecule is CC(C)C1CCC(C(C)O)CC1.CC1(C)CCCC(C)(CO)C1. The first-order chi connectivity index (χ1) is 10.6. The summed E-state index contributed by atoms with van der Waals surface area (Å²) in [5.41, 5.74) is 0.664. The molecule has 2 heteroatoms. The molecule has 0 saturated heterocycles. The van der Waals surface area contributed by atoms with Gasteiger partial charge in [-0.3, -0.25) is 0 Å². The highest BCUT2D eigenvalue weighted by Crippen LogP contribution is 2.45. The predicted molar refractivity (Wildman–Crippen MR) is 99.4 cm³/mol. The van der Waals surface area contributed by atoms with Crippen molar-refractivity contribution in [2.24, 2.45) is 28.6 Å². The lowest BCUT2D eigenvalue weighted by atomic mass is 9.65. The van der Waals surface area contributed by atoms with E-state index in [0.717, 1.165) is 11.8 Å². The van der Waals surface area contributed by atoms with E-state index in [1.165, 1.54) is 51.4 Å². The maximum absolute atomic E-state index is 9.40. The van der Waals surface area contributed by atoms with Gasteiger partial charge in [-0.25, -0.2) is 0 Å². The zero-order chi connectivity index (χ0) is 17.7. The van der Waals surface area contributed by atoms with Crippen molar-refractivity contribution in [1.82, 2.24) is 0 Å². The van der Waals surface area contributed by atoms with Crippen LogP contribution in [-0.2, 0) is 0 Å². The number of hydrogen-bond donors (Lipinski definition) is 2. The Morgan fingerprint density at radius 3 is 1.78 bits per heavy atom. The summed E-state index contributed by atoms with van der Waals surface area (Å²) in [6, 6.07) is 0. The van der Waals surface area contributed by atoms with Crippen molar-refractivity contribution in [3.05, 3.63) is 0 Å². The van der Waals surface area contributed by atoms with Gasteiger partial charge >= 0.3 is 0 Å². The largest absolute Gasteiger partial charge is 0.396 e. The molecule has 2 aliphatic carbocycles. The van der Waals surface area contributed by atoms with Crippen LogP contribution in [0.5, 0.6) is 0 Å². The van der Waals surface area contributed by atoms with Crippen LogP contribution in [0.3, 0.4) is 0 Å². The Hall–Kier alpha value is -0.0800. The summed E-state index contributed by atoms with van der Waals surface area (Å²) in [7, 11) is 0. The number of aliphatic hydroxyl groups is 2. The van der Waals surface area contributed by atoms with Crippen molar-refractivity contribution in [2.45, 2.75) is 99.0 Å². The molecule has 2 aliphatic rings. The van der Waals surface area contributed by atoms with Gasteiger partial charge in [0.1, 0.15) is 0 Å². The van der Waals surface area contributed by atoms with E-state index in [9.17, 15) is 10.2 Å². The maximum Gasteiger partial charge on any atom is 0.0540 e. The molecule has 2 rings (SSSR count). The average Bonchev–Trinajstić information content (AvgIpc) is 2.46. The Morgan fingerprint density at radius 2 is 1.43 bits per heavy atom. The van der Waals surface area contributed by atoms with E-state index in [1.54, 1.807) is 0 Å². The summed E-state index contributed by atoms with van der Waals surface area (Å²) >= 11 is 0. The van der Waals surface area contributed by atoms with Crippen molar-refractivity contribution < 1.29 is 10.2 Å². The van der Waals surface area contributed by atoms with Gasteiger partial charge in [-0.05, 0) is 80.5 Å². The Morgan fingerprint density at radius 1 is 0.913 bits per heavy atom. The highest BCUT2D eigenvalue weighted by atomic mass is 16.3. The number of aliphatic hydroxyl groups excluding tert-OH is 2. The number of rotatable bonds is 3. The molecular weight excluding hydrogens is 284 g/mol. The molecule has 0 radical (unpaired) electrons. The molecule has 0 aromatic heterocycles. The Balaban J connectivity index is 0.000000231. The van der Waals surface area contributed by atoms with Crippen LogP contribution in [0.25, 0.3) is 0 Å². The lowest BCUT2D eigenvalue weighted by Gasteiger charge is -2.41. The van der Waals surface area contributed by atoms with Gasteiger partial charge in [0, 0.05) is 6.61 Å². The summed E-state index contributed by atoms with van der Waals surface area (Å²) in [4.78, 5) is 0. The summed E-state index contributed by atoms with van der Waals surface area (Å²) in [6.07, 6.45) is 10.0. The smallest absolute Gasteiger partial charge is 0.0540 e. The zero-order valence-corrected chi connectivity index (χ0v) is 16.6. The first kappa shape index (κ1) is 21.0. The van der Waals surface area contributed by atoms with Gasteiger partial charge in [0.2, 0.25) is 0 Å². The van der Waals surface area contributed by atoms with Crippen molar-refractivity contribution in [1.29, 1.82) is 0 Å². The molecule has 0 aromatic carbocycles. The lowest BCUT2D eigenvalue weighted by molar-refractivity contribution is 0.0405. The van der Waals surface area contributed by atoms with Gasteiger partial charge in [0.15, 0.2) is 0 Å². The van der Waals surface area contributed by atoms with Crippen LogP contribution < -0.4 is 0 Å². The van der Waals surface area contributed by atoms with Crippen molar-refractivity contribution in [2.75, 3.05) is 6.61 Å². The third-order valence-electron chi connectivity index (χ3n) is 6.36. The Kier molecular flexibility index (Phi) is 8.07. The molecule has 2 nitrogen and oxygen atoms in total. The second-order valence-corrected chi connectivity index (χ2v) is 9.82. The fourth-order valence-electron chi connectivity index (χ4n) is 4.75. The van der Waals surface area contributed by atoms with Gasteiger partial charge in [-0.2, -0.15) is 0 Å². The van der Waals surface area contributed by atoms with Gasteiger partial charge in [-0.15, -0.1) is 0 Å².